The highest BCUT2D eigenvalue weighted by atomic mass is 35.5. The Kier molecular flexibility index (Phi) is 9.00. The Morgan fingerprint density at radius 2 is 1.80 bits per heavy atom. The van der Waals surface area contributed by atoms with Gasteiger partial charge in [-0.25, -0.2) is 0 Å². The van der Waals surface area contributed by atoms with Gasteiger partial charge in [0.1, 0.15) is 11.8 Å². The van der Waals surface area contributed by atoms with Crippen molar-refractivity contribution < 1.29 is 14.3 Å². The van der Waals surface area contributed by atoms with Crippen molar-refractivity contribution >= 4 is 35.0 Å². The van der Waals surface area contributed by atoms with Gasteiger partial charge >= 0.3 is 0 Å². The number of hydrogen-bond acceptors (Lipinski definition) is 3. The van der Waals surface area contributed by atoms with Crippen LogP contribution < -0.4 is 10.1 Å². The lowest BCUT2D eigenvalue weighted by Gasteiger charge is -2.31. The van der Waals surface area contributed by atoms with E-state index in [0.29, 0.717) is 22.2 Å². The third kappa shape index (κ3) is 6.64. The number of para-hydroxylation sites is 1. The lowest BCUT2D eigenvalue weighted by Crippen LogP contribution is -2.51. The topological polar surface area (TPSA) is 58.6 Å². The first-order valence-corrected chi connectivity index (χ1v) is 10.7. The quantitative estimate of drug-likeness (QED) is 0.583. The van der Waals surface area contributed by atoms with Gasteiger partial charge in [-0.2, -0.15) is 0 Å². The Bertz CT molecular complexity index is 887. The molecule has 0 spiro atoms. The van der Waals surface area contributed by atoms with E-state index in [2.05, 4.69) is 5.32 Å². The molecule has 0 aliphatic rings. The maximum absolute atomic E-state index is 13.1. The van der Waals surface area contributed by atoms with Crippen LogP contribution >= 0.6 is 23.2 Å². The maximum Gasteiger partial charge on any atom is 0.261 e. The standard InChI is InChI=1S/C23H28Cl2N2O3/c1-5-20(23(29)26-15(2)3)27(13-17-10-11-18(24)19(25)12-17)22(28)14-30-21-9-7-6-8-16(21)4/h6-12,15,20H,5,13-14H2,1-4H3,(H,26,29). The summed E-state index contributed by atoms with van der Waals surface area (Å²) in [6.45, 7) is 7.61. The number of nitrogens with zero attached hydrogens (tertiary/aromatic N) is 1. The molecule has 0 aliphatic carbocycles. The number of carbonyl (C=O) groups excluding carboxylic acids is 2. The molecule has 5 nitrogen and oxygen atoms in total. The van der Waals surface area contributed by atoms with E-state index in [1.165, 1.54) is 4.90 Å². The van der Waals surface area contributed by atoms with Gasteiger partial charge in [0.25, 0.3) is 5.91 Å². The molecule has 1 N–H and O–H groups in total. The Labute approximate surface area is 188 Å². The normalized spacial score (nSPS) is 11.8. The van der Waals surface area contributed by atoms with Crippen LogP contribution in [0.25, 0.3) is 0 Å². The number of carbonyl (C=O) groups is 2. The van der Waals surface area contributed by atoms with Crippen molar-refractivity contribution in [3.63, 3.8) is 0 Å². The largest absolute Gasteiger partial charge is 0.484 e. The first-order chi connectivity index (χ1) is 14.2. The third-order valence-electron chi connectivity index (χ3n) is 4.60. The van der Waals surface area contributed by atoms with Crippen LogP contribution in [0.5, 0.6) is 5.75 Å². The Morgan fingerprint density at radius 3 is 2.40 bits per heavy atom. The van der Waals surface area contributed by atoms with E-state index in [1.807, 2.05) is 52.0 Å². The van der Waals surface area contributed by atoms with Crippen LogP contribution in [-0.4, -0.2) is 35.4 Å². The second-order valence-corrected chi connectivity index (χ2v) is 8.23. The number of hydrogen-bond donors (Lipinski definition) is 1. The SMILES string of the molecule is CCC(C(=O)NC(C)C)N(Cc1ccc(Cl)c(Cl)c1)C(=O)COc1ccccc1C. The second-order valence-electron chi connectivity index (χ2n) is 7.41. The summed E-state index contributed by atoms with van der Waals surface area (Å²) in [4.78, 5) is 27.5. The number of ether oxygens (including phenoxy) is 1. The van der Waals surface area contributed by atoms with Gasteiger partial charge in [-0.1, -0.05) is 54.4 Å². The molecule has 0 aliphatic heterocycles. The molecule has 0 bridgehead atoms. The van der Waals surface area contributed by atoms with Gasteiger partial charge in [-0.05, 0) is 56.5 Å². The van der Waals surface area contributed by atoms with Gasteiger partial charge in [-0.3, -0.25) is 9.59 Å². The molecule has 162 valence electrons. The van der Waals surface area contributed by atoms with Gasteiger partial charge in [0.2, 0.25) is 5.91 Å². The van der Waals surface area contributed by atoms with E-state index in [1.54, 1.807) is 18.2 Å². The average molecular weight is 451 g/mol. The molecule has 2 rings (SSSR count). The summed E-state index contributed by atoms with van der Waals surface area (Å²) < 4.78 is 5.75. The van der Waals surface area contributed by atoms with Crippen molar-refractivity contribution in [1.82, 2.24) is 10.2 Å². The van der Waals surface area contributed by atoms with Gasteiger partial charge in [-0.15, -0.1) is 0 Å². The van der Waals surface area contributed by atoms with Crippen LogP contribution in [0.15, 0.2) is 42.5 Å². The summed E-state index contributed by atoms with van der Waals surface area (Å²) in [6, 6.07) is 12.0. The van der Waals surface area contributed by atoms with E-state index in [-0.39, 0.29) is 31.0 Å². The highest BCUT2D eigenvalue weighted by Gasteiger charge is 2.29. The molecule has 0 heterocycles. The van der Waals surface area contributed by atoms with Crippen LogP contribution in [0, 0.1) is 6.92 Å². The first kappa shape index (κ1) is 24.0. The summed E-state index contributed by atoms with van der Waals surface area (Å²) in [5.74, 6) is 0.159. The minimum absolute atomic E-state index is 0.0308. The summed E-state index contributed by atoms with van der Waals surface area (Å²) in [5, 5.41) is 3.73. The highest BCUT2D eigenvalue weighted by molar-refractivity contribution is 6.42. The summed E-state index contributed by atoms with van der Waals surface area (Å²) in [5.41, 5.74) is 1.72. The predicted molar refractivity (Wildman–Crippen MR) is 121 cm³/mol. The fourth-order valence-electron chi connectivity index (χ4n) is 3.08. The molecular weight excluding hydrogens is 423 g/mol. The summed E-state index contributed by atoms with van der Waals surface area (Å²) in [7, 11) is 0. The van der Waals surface area contributed by atoms with Crippen molar-refractivity contribution in [1.29, 1.82) is 0 Å². The molecule has 2 amide bonds. The van der Waals surface area contributed by atoms with Gasteiger partial charge < -0.3 is 15.0 Å². The third-order valence-corrected chi connectivity index (χ3v) is 5.34. The average Bonchev–Trinajstić information content (AvgIpc) is 2.69. The first-order valence-electron chi connectivity index (χ1n) is 9.95. The molecule has 0 fully saturated rings. The smallest absolute Gasteiger partial charge is 0.261 e. The zero-order valence-electron chi connectivity index (χ0n) is 17.7. The molecule has 0 saturated heterocycles. The van der Waals surface area contributed by atoms with Crippen LogP contribution in [0.2, 0.25) is 10.0 Å². The molecule has 2 aromatic carbocycles. The van der Waals surface area contributed by atoms with Crippen molar-refractivity contribution in [2.24, 2.45) is 0 Å². The van der Waals surface area contributed by atoms with Gasteiger partial charge in [0.15, 0.2) is 6.61 Å². The number of aryl methyl sites for hydroxylation is 1. The fraction of sp³-hybridized carbons (Fsp3) is 0.391. The summed E-state index contributed by atoms with van der Waals surface area (Å²) >= 11 is 12.2. The van der Waals surface area contributed by atoms with Crippen molar-refractivity contribution in [3.05, 3.63) is 63.6 Å². The zero-order valence-corrected chi connectivity index (χ0v) is 19.3. The number of halogens is 2. The van der Waals surface area contributed by atoms with Gasteiger partial charge in [0.05, 0.1) is 10.0 Å². The molecule has 0 aromatic heterocycles. The molecule has 0 radical (unpaired) electrons. The predicted octanol–water partition coefficient (Wildman–Crippen LogP) is 5.01. The molecule has 1 unspecified atom stereocenters. The second kappa shape index (κ2) is 11.2. The van der Waals surface area contributed by atoms with Crippen LogP contribution in [0.4, 0.5) is 0 Å². The molecule has 0 saturated carbocycles. The van der Waals surface area contributed by atoms with Crippen LogP contribution in [0.1, 0.15) is 38.3 Å². The molecule has 2 aromatic rings. The lowest BCUT2D eigenvalue weighted by molar-refractivity contribution is -0.143. The van der Waals surface area contributed by atoms with Crippen molar-refractivity contribution in [2.75, 3.05) is 6.61 Å². The number of amides is 2. The molecular formula is C23H28Cl2N2O3. The van der Waals surface area contributed by atoms with Crippen molar-refractivity contribution in [2.45, 2.75) is 52.7 Å². The van der Waals surface area contributed by atoms with E-state index >= 15 is 0 Å². The van der Waals surface area contributed by atoms with Crippen LogP contribution in [0.3, 0.4) is 0 Å². The number of rotatable bonds is 9. The molecule has 7 heteroatoms. The Hall–Kier alpha value is -2.24. The monoisotopic (exact) mass is 450 g/mol. The fourth-order valence-corrected chi connectivity index (χ4v) is 3.40. The van der Waals surface area contributed by atoms with Crippen LogP contribution in [-0.2, 0) is 16.1 Å². The maximum atomic E-state index is 13.1. The molecule has 30 heavy (non-hydrogen) atoms. The molecule has 1 atom stereocenters. The van der Waals surface area contributed by atoms with E-state index < -0.39 is 6.04 Å². The zero-order chi connectivity index (χ0) is 22.3. The van der Waals surface area contributed by atoms with E-state index in [0.717, 1.165) is 11.1 Å². The Morgan fingerprint density at radius 1 is 1.10 bits per heavy atom. The minimum atomic E-state index is -0.630. The highest BCUT2D eigenvalue weighted by Crippen LogP contribution is 2.24. The number of benzene rings is 2. The van der Waals surface area contributed by atoms with E-state index in [4.69, 9.17) is 27.9 Å². The minimum Gasteiger partial charge on any atom is -0.484 e. The lowest BCUT2D eigenvalue weighted by atomic mass is 10.1. The van der Waals surface area contributed by atoms with Gasteiger partial charge in [0, 0.05) is 12.6 Å². The van der Waals surface area contributed by atoms with E-state index in [9.17, 15) is 9.59 Å². The van der Waals surface area contributed by atoms with Crippen molar-refractivity contribution in [3.8, 4) is 5.75 Å². The number of nitrogens with one attached hydrogen (secondary N) is 1. The summed E-state index contributed by atoms with van der Waals surface area (Å²) in [6.07, 6.45) is 0.468. The Balaban J connectivity index is 2.25.